The third-order valence-electron chi connectivity index (χ3n) is 4.08. The highest BCUT2D eigenvalue weighted by Gasteiger charge is 2.09. The van der Waals surface area contributed by atoms with Crippen molar-refractivity contribution in [3.05, 3.63) is 47.8 Å². The number of phenols is 1. The number of aromatic nitrogens is 1. The highest BCUT2D eigenvalue weighted by atomic mass is 16.5. The normalized spacial score (nSPS) is 11.4. The molecule has 0 aliphatic heterocycles. The van der Waals surface area contributed by atoms with Crippen LogP contribution in [0.2, 0.25) is 0 Å². The standard InChI is InChI=1S/C19H28N4O2/c1-5-20-19(23(3)14-16-7-6-12-22(16)2)21-11-10-15-8-9-17(25-4)13-18(15)24/h6-9,12-13,24H,5,10-11,14H2,1-4H3,(H,20,21). The summed E-state index contributed by atoms with van der Waals surface area (Å²) in [7, 11) is 5.66. The summed E-state index contributed by atoms with van der Waals surface area (Å²) in [5.74, 6) is 1.76. The van der Waals surface area contributed by atoms with Crippen molar-refractivity contribution in [3.8, 4) is 11.5 Å². The minimum atomic E-state index is 0.247. The van der Waals surface area contributed by atoms with Gasteiger partial charge < -0.3 is 24.6 Å². The number of guanidine groups is 1. The van der Waals surface area contributed by atoms with Crippen molar-refractivity contribution in [1.82, 2.24) is 14.8 Å². The molecule has 0 spiro atoms. The quantitative estimate of drug-likeness (QED) is 0.598. The monoisotopic (exact) mass is 344 g/mol. The van der Waals surface area contributed by atoms with Gasteiger partial charge in [0, 0.05) is 45.1 Å². The van der Waals surface area contributed by atoms with E-state index in [0.717, 1.165) is 24.6 Å². The number of hydrogen-bond donors (Lipinski definition) is 2. The van der Waals surface area contributed by atoms with E-state index in [1.54, 1.807) is 13.2 Å². The summed E-state index contributed by atoms with van der Waals surface area (Å²) >= 11 is 0. The second-order valence-corrected chi connectivity index (χ2v) is 5.95. The highest BCUT2D eigenvalue weighted by Crippen LogP contribution is 2.23. The Labute approximate surface area is 149 Å². The van der Waals surface area contributed by atoms with E-state index < -0.39 is 0 Å². The average molecular weight is 344 g/mol. The highest BCUT2D eigenvalue weighted by molar-refractivity contribution is 5.79. The maximum Gasteiger partial charge on any atom is 0.194 e. The molecule has 25 heavy (non-hydrogen) atoms. The maximum absolute atomic E-state index is 10.0. The zero-order valence-corrected chi connectivity index (χ0v) is 15.5. The van der Waals surface area contributed by atoms with Crippen LogP contribution in [0.1, 0.15) is 18.2 Å². The van der Waals surface area contributed by atoms with Gasteiger partial charge in [-0.2, -0.15) is 0 Å². The van der Waals surface area contributed by atoms with Gasteiger partial charge in [0.1, 0.15) is 11.5 Å². The van der Waals surface area contributed by atoms with Crippen molar-refractivity contribution < 1.29 is 9.84 Å². The number of hydrogen-bond acceptors (Lipinski definition) is 3. The fraction of sp³-hybridized carbons (Fsp3) is 0.421. The molecule has 0 saturated carbocycles. The Balaban J connectivity index is 2.00. The number of aliphatic imine (C=N–C) groups is 1. The minimum absolute atomic E-state index is 0.247. The van der Waals surface area contributed by atoms with Crippen LogP contribution in [-0.2, 0) is 20.0 Å². The van der Waals surface area contributed by atoms with Gasteiger partial charge in [0.15, 0.2) is 5.96 Å². The van der Waals surface area contributed by atoms with E-state index in [0.29, 0.717) is 18.7 Å². The fourth-order valence-electron chi connectivity index (χ4n) is 2.61. The lowest BCUT2D eigenvalue weighted by molar-refractivity contribution is 0.406. The zero-order chi connectivity index (χ0) is 18.2. The predicted molar refractivity (Wildman–Crippen MR) is 101 cm³/mol. The molecule has 0 amide bonds. The Bertz CT molecular complexity index is 709. The number of ether oxygens (including phenoxy) is 1. The summed E-state index contributed by atoms with van der Waals surface area (Å²) < 4.78 is 7.22. The Hall–Kier alpha value is -2.63. The zero-order valence-electron chi connectivity index (χ0n) is 15.5. The molecule has 1 aromatic heterocycles. The van der Waals surface area contributed by atoms with Gasteiger partial charge in [-0.05, 0) is 37.1 Å². The van der Waals surface area contributed by atoms with Crippen LogP contribution in [0.5, 0.6) is 11.5 Å². The molecule has 1 heterocycles. The lowest BCUT2D eigenvalue weighted by Crippen LogP contribution is -2.39. The largest absolute Gasteiger partial charge is 0.508 e. The Morgan fingerprint density at radius 3 is 2.76 bits per heavy atom. The Morgan fingerprint density at radius 2 is 2.16 bits per heavy atom. The lowest BCUT2D eigenvalue weighted by Gasteiger charge is -2.22. The van der Waals surface area contributed by atoms with E-state index >= 15 is 0 Å². The first-order valence-electron chi connectivity index (χ1n) is 8.50. The molecule has 6 nitrogen and oxygen atoms in total. The van der Waals surface area contributed by atoms with Crippen molar-refractivity contribution >= 4 is 5.96 Å². The van der Waals surface area contributed by atoms with Crippen molar-refractivity contribution in [1.29, 1.82) is 0 Å². The molecule has 1 aromatic carbocycles. The fourth-order valence-corrected chi connectivity index (χ4v) is 2.61. The molecule has 0 radical (unpaired) electrons. The predicted octanol–water partition coefficient (Wildman–Crippen LogP) is 2.38. The second kappa shape index (κ2) is 9.01. The maximum atomic E-state index is 10.0. The van der Waals surface area contributed by atoms with E-state index in [-0.39, 0.29) is 5.75 Å². The lowest BCUT2D eigenvalue weighted by atomic mass is 10.1. The van der Waals surface area contributed by atoms with Crippen LogP contribution >= 0.6 is 0 Å². The van der Waals surface area contributed by atoms with E-state index in [1.165, 1.54) is 5.69 Å². The van der Waals surface area contributed by atoms with Crippen LogP contribution in [0.3, 0.4) is 0 Å². The van der Waals surface area contributed by atoms with E-state index in [9.17, 15) is 5.11 Å². The average Bonchev–Trinajstić information content (AvgIpc) is 3.00. The second-order valence-electron chi connectivity index (χ2n) is 5.95. The molecular formula is C19H28N4O2. The van der Waals surface area contributed by atoms with Gasteiger partial charge in [-0.3, -0.25) is 4.99 Å². The summed E-state index contributed by atoms with van der Waals surface area (Å²) in [6.45, 7) is 4.24. The topological polar surface area (TPSA) is 62.0 Å². The third kappa shape index (κ3) is 5.17. The number of nitrogens with zero attached hydrogens (tertiary/aromatic N) is 3. The van der Waals surface area contributed by atoms with E-state index in [1.807, 2.05) is 38.5 Å². The molecule has 0 aliphatic rings. The molecule has 0 atom stereocenters. The van der Waals surface area contributed by atoms with Crippen LogP contribution in [0, 0.1) is 0 Å². The van der Waals surface area contributed by atoms with Gasteiger partial charge >= 0.3 is 0 Å². The minimum Gasteiger partial charge on any atom is -0.508 e. The number of rotatable bonds is 7. The smallest absolute Gasteiger partial charge is 0.194 e. The van der Waals surface area contributed by atoms with E-state index in [2.05, 4.69) is 32.8 Å². The molecule has 0 fully saturated rings. The van der Waals surface area contributed by atoms with E-state index in [4.69, 9.17) is 4.74 Å². The number of benzene rings is 1. The molecule has 2 aromatic rings. The third-order valence-corrected chi connectivity index (χ3v) is 4.08. The SMILES string of the molecule is CCNC(=NCCc1ccc(OC)cc1O)N(C)Cc1cccn1C. The number of aryl methyl sites for hydroxylation is 1. The first-order valence-corrected chi connectivity index (χ1v) is 8.50. The molecule has 2 rings (SSSR count). The summed E-state index contributed by atoms with van der Waals surface area (Å²) in [5, 5.41) is 13.4. The van der Waals surface area contributed by atoms with Crippen molar-refractivity contribution in [3.63, 3.8) is 0 Å². The van der Waals surface area contributed by atoms with Gasteiger partial charge in [-0.15, -0.1) is 0 Å². The van der Waals surface area contributed by atoms with Crippen molar-refractivity contribution in [2.75, 3.05) is 27.2 Å². The van der Waals surface area contributed by atoms with Crippen LogP contribution < -0.4 is 10.1 Å². The van der Waals surface area contributed by atoms with Gasteiger partial charge in [-0.25, -0.2) is 0 Å². The molecule has 0 bridgehead atoms. The number of methoxy groups -OCH3 is 1. The number of aromatic hydroxyl groups is 1. The summed E-state index contributed by atoms with van der Waals surface area (Å²) in [5.41, 5.74) is 2.09. The summed E-state index contributed by atoms with van der Waals surface area (Å²) in [6, 6.07) is 9.51. The molecule has 0 unspecified atom stereocenters. The van der Waals surface area contributed by atoms with Crippen LogP contribution in [0.15, 0.2) is 41.5 Å². The van der Waals surface area contributed by atoms with Crippen molar-refractivity contribution in [2.24, 2.45) is 12.0 Å². The molecule has 2 N–H and O–H groups in total. The summed E-state index contributed by atoms with van der Waals surface area (Å²) in [6.07, 6.45) is 2.71. The Morgan fingerprint density at radius 1 is 1.36 bits per heavy atom. The van der Waals surface area contributed by atoms with Crippen LogP contribution in [0.25, 0.3) is 0 Å². The van der Waals surface area contributed by atoms with Gasteiger partial charge in [-0.1, -0.05) is 6.07 Å². The molecule has 0 saturated heterocycles. The van der Waals surface area contributed by atoms with Gasteiger partial charge in [0.05, 0.1) is 13.7 Å². The summed E-state index contributed by atoms with van der Waals surface area (Å²) in [4.78, 5) is 6.79. The number of phenolic OH excluding ortho intramolecular Hbond substituents is 1. The van der Waals surface area contributed by atoms with Gasteiger partial charge in [0.2, 0.25) is 0 Å². The van der Waals surface area contributed by atoms with Crippen molar-refractivity contribution in [2.45, 2.75) is 19.9 Å². The first kappa shape index (κ1) is 18.7. The molecule has 136 valence electrons. The Kier molecular flexibility index (Phi) is 6.74. The van der Waals surface area contributed by atoms with Gasteiger partial charge in [0.25, 0.3) is 0 Å². The molecular weight excluding hydrogens is 316 g/mol. The number of nitrogens with one attached hydrogen (secondary N) is 1. The molecule has 6 heteroatoms. The van der Waals surface area contributed by atoms with Crippen LogP contribution in [-0.4, -0.2) is 47.8 Å². The van der Waals surface area contributed by atoms with Crippen LogP contribution in [0.4, 0.5) is 0 Å². The molecule has 0 aliphatic carbocycles. The first-order chi connectivity index (χ1) is 12.0.